The lowest BCUT2D eigenvalue weighted by molar-refractivity contribution is -0.121. The lowest BCUT2D eigenvalue weighted by Crippen LogP contribution is -2.24. The van der Waals surface area contributed by atoms with E-state index in [1.165, 1.54) is 0 Å². The Labute approximate surface area is 157 Å². The van der Waals surface area contributed by atoms with Crippen LogP contribution in [0.4, 0.5) is 5.69 Å². The molecule has 7 heteroatoms. The monoisotopic (exact) mass is 382 g/mol. The Balaban J connectivity index is 1.79. The van der Waals surface area contributed by atoms with Gasteiger partial charge >= 0.3 is 0 Å². The molecule has 0 saturated carbocycles. The van der Waals surface area contributed by atoms with Crippen molar-refractivity contribution < 1.29 is 14.3 Å². The number of amides is 1. The van der Waals surface area contributed by atoms with Crippen LogP contribution in [0.3, 0.4) is 0 Å². The first-order valence-electron chi connectivity index (χ1n) is 7.69. The summed E-state index contributed by atoms with van der Waals surface area (Å²) < 4.78 is 10.4. The van der Waals surface area contributed by atoms with Gasteiger partial charge in [-0.1, -0.05) is 29.3 Å². The van der Waals surface area contributed by atoms with Crippen molar-refractivity contribution in [2.75, 3.05) is 26.1 Å². The number of benzene rings is 2. The highest BCUT2D eigenvalue weighted by Crippen LogP contribution is 2.27. The zero-order valence-corrected chi connectivity index (χ0v) is 15.6. The van der Waals surface area contributed by atoms with Gasteiger partial charge in [-0.15, -0.1) is 0 Å². The molecule has 0 spiro atoms. The number of methoxy groups -OCH3 is 2. The lowest BCUT2D eigenvalue weighted by Gasteiger charge is -2.11. The summed E-state index contributed by atoms with van der Waals surface area (Å²) >= 11 is 11.9. The van der Waals surface area contributed by atoms with Crippen molar-refractivity contribution in [2.24, 2.45) is 0 Å². The van der Waals surface area contributed by atoms with Gasteiger partial charge in [0.25, 0.3) is 0 Å². The molecule has 0 heterocycles. The average molecular weight is 383 g/mol. The average Bonchev–Trinajstić information content (AvgIpc) is 2.58. The largest absolute Gasteiger partial charge is 0.493 e. The highest BCUT2D eigenvalue weighted by Gasteiger charge is 2.06. The van der Waals surface area contributed by atoms with Gasteiger partial charge in [0, 0.05) is 35.2 Å². The van der Waals surface area contributed by atoms with Crippen LogP contribution in [0.15, 0.2) is 36.4 Å². The van der Waals surface area contributed by atoms with E-state index in [-0.39, 0.29) is 5.91 Å². The van der Waals surface area contributed by atoms with E-state index in [0.717, 1.165) is 11.3 Å². The number of hydrogen-bond acceptors (Lipinski definition) is 4. The van der Waals surface area contributed by atoms with Gasteiger partial charge in [0.05, 0.1) is 14.2 Å². The molecular formula is C18H20Cl2N2O3. The summed E-state index contributed by atoms with van der Waals surface area (Å²) in [4.78, 5) is 12.0. The number of carbonyl (C=O) groups is 1. The molecule has 0 aliphatic carbocycles. The van der Waals surface area contributed by atoms with Crippen LogP contribution in [0.1, 0.15) is 12.0 Å². The molecule has 0 bridgehead atoms. The summed E-state index contributed by atoms with van der Waals surface area (Å²) in [6.07, 6.45) is 0.331. The fourth-order valence-corrected chi connectivity index (χ4v) is 2.78. The number of anilines is 1. The fourth-order valence-electron chi connectivity index (χ4n) is 2.26. The molecule has 0 unspecified atom stereocenters. The third kappa shape index (κ3) is 6.03. The Morgan fingerprint density at radius 2 is 1.68 bits per heavy atom. The first-order chi connectivity index (χ1) is 12.0. The molecule has 2 rings (SSSR count). The van der Waals surface area contributed by atoms with E-state index < -0.39 is 0 Å². The smallest absolute Gasteiger partial charge is 0.222 e. The number of ether oxygens (including phenoxy) is 2. The van der Waals surface area contributed by atoms with Crippen LogP contribution in [-0.2, 0) is 11.3 Å². The maximum Gasteiger partial charge on any atom is 0.222 e. The number of halogens is 2. The zero-order chi connectivity index (χ0) is 18.2. The van der Waals surface area contributed by atoms with Crippen LogP contribution < -0.4 is 20.1 Å². The quantitative estimate of drug-likeness (QED) is 0.720. The van der Waals surface area contributed by atoms with E-state index in [1.807, 2.05) is 18.2 Å². The number of hydrogen-bond donors (Lipinski definition) is 2. The predicted octanol–water partition coefficient (Wildman–Crippen LogP) is 4.13. The van der Waals surface area contributed by atoms with Crippen molar-refractivity contribution in [1.29, 1.82) is 0 Å². The molecule has 0 radical (unpaired) electrons. The molecule has 25 heavy (non-hydrogen) atoms. The molecule has 0 aliphatic heterocycles. The lowest BCUT2D eigenvalue weighted by atomic mass is 10.2. The number of carbonyl (C=O) groups excluding carboxylic acids is 1. The van der Waals surface area contributed by atoms with Gasteiger partial charge in [0.1, 0.15) is 0 Å². The molecule has 0 atom stereocenters. The Hall–Kier alpha value is -2.11. The van der Waals surface area contributed by atoms with E-state index >= 15 is 0 Å². The minimum absolute atomic E-state index is 0.0598. The van der Waals surface area contributed by atoms with E-state index in [9.17, 15) is 4.79 Å². The molecule has 0 aromatic heterocycles. The van der Waals surface area contributed by atoms with Crippen molar-refractivity contribution >= 4 is 34.8 Å². The van der Waals surface area contributed by atoms with Crippen LogP contribution in [0, 0.1) is 0 Å². The summed E-state index contributed by atoms with van der Waals surface area (Å²) in [6.45, 7) is 0.899. The van der Waals surface area contributed by atoms with Crippen LogP contribution in [0.5, 0.6) is 11.5 Å². The fraction of sp³-hybridized carbons (Fsp3) is 0.278. The van der Waals surface area contributed by atoms with Crippen molar-refractivity contribution in [3.8, 4) is 11.5 Å². The molecule has 2 aromatic rings. The first-order valence-corrected chi connectivity index (χ1v) is 8.45. The molecule has 134 valence electrons. The minimum Gasteiger partial charge on any atom is -0.493 e. The Morgan fingerprint density at radius 1 is 1.00 bits per heavy atom. The molecule has 0 fully saturated rings. The summed E-state index contributed by atoms with van der Waals surface area (Å²) in [5.74, 6) is 1.23. The van der Waals surface area contributed by atoms with Crippen molar-refractivity contribution in [2.45, 2.75) is 13.0 Å². The van der Waals surface area contributed by atoms with Gasteiger partial charge < -0.3 is 20.1 Å². The molecule has 0 aliphatic rings. The van der Waals surface area contributed by atoms with Gasteiger partial charge in [-0.3, -0.25) is 4.79 Å². The Morgan fingerprint density at radius 3 is 2.32 bits per heavy atom. The summed E-state index contributed by atoms with van der Waals surface area (Å²) in [7, 11) is 3.16. The van der Waals surface area contributed by atoms with E-state index in [2.05, 4.69) is 10.6 Å². The van der Waals surface area contributed by atoms with Crippen molar-refractivity contribution in [3.63, 3.8) is 0 Å². The van der Waals surface area contributed by atoms with Crippen LogP contribution in [0.2, 0.25) is 10.0 Å². The van der Waals surface area contributed by atoms with Gasteiger partial charge in [-0.2, -0.15) is 0 Å². The molecule has 2 aromatic carbocycles. The zero-order valence-electron chi connectivity index (χ0n) is 14.1. The van der Waals surface area contributed by atoms with Crippen LogP contribution in [0.25, 0.3) is 0 Å². The molecule has 2 N–H and O–H groups in total. The van der Waals surface area contributed by atoms with Gasteiger partial charge in [-0.05, 0) is 35.9 Å². The second kappa shape index (κ2) is 9.39. The number of rotatable bonds is 8. The summed E-state index contributed by atoms with van der Waals surface area (Å²) in [5.41, 5.74) is 1.71. The Bertz CT molecular complexity index is 718. The highest BCUT2D eigenvalue weighted by atomic mass is 35.5. The molecular weight excluding hydrogens is 363 g/mol. The maximum absolute atomic E-state index is 12.0. The maximum atomic E-state index is 12.0. The van der Waals surface area contributed by atoms with Crippen LogP contribution in [-0.4, -0.2) is 26.7 Å². The third-order valence-corrected chi connectivity index (χ3v) is 3.92. The minimum atomic E-state index is -0.0598. The van der Waals surface area contributed by atoms with Crippen LogP contribution >= 0.6 is 23.2 Å². The molecule has 1 amide bonds. The van der Waals surface area contributed by atoms with E-state index in [4.69, 9.17) is 32.7 Å². The second-order valence-corrected chi connectivity index (χ2v) is 6.17. The molecule has 5 nitrogen and oxygen atoms in total. The third-order valence-electron chi connectivity index (χ3n) is 3.48. The molecule has 0 saturated heterocycles. The van der Waals surface area contributed by atoms with Gasteiger partial charge in [-0.25, -0.2) is 0 Å². The predicted molar refractivity (Wildman–Crippen MR) is 101 cm³/mol. The van der Waals surface area contributed by atoms with Crippen molar-refractivity contribution in [1.82, 2.24) is 5.32 Å². The topological polar surface area (TPSA) is 59.6 Å². The van der Waals surface area contributed by atoms with Gasteiger partial charge in [0.2, 0.25) is 5.91 Å². The Kier molecular flexibility index (Phi) is 7.22. The standard InChI is InChI=1S/C18H20Cl2N2O3/c1-24-16-4-3-12(7-17(16)25-2)11-22-18(23)5-6-21-15-9-13(19)8-14(20)10-15/h3-4,7-10,21H,5-6,11H2,1-2H3,(H,22,23). The van der Waals surface area contributed by atoms with Crippen molar-refractivity contribution in [3.05, 3.63) is 52.0 Å². The normalized spacial score (nSPS) is 10.2. The summed E-state index contributed by atoms with van der Waals surface area (Å²) in [5, 5.41) is 7.09. The number of nitrogens with one attached hydrogen (secondary N) is 2. The van der Waals surface area contributed by atoms with Gasteiger partial charge in [0.15, 0.2) is 11.5 Å². The summed E-state index contributed by atoms with van der Waals surface area (Å²) in [6, 6.07) is 10.7. The second-order valence-electron chi connectivity index (χ2n) is 5.30. The highest BCUT2D eigenvalue weighted by molar-refractivity contribution is 6.35. The first kappa shape index (κ1) is 19.2. The van der Waals surface area contributed by atoms with E-state index in [0.29, 0.717) is 41.1 Å². The SMILES string of the molecule is COc1ccc(CNC(=O)CCNc2cc(Cl)cc(Cl)c2)cc1OC. The van der Waals surface area contributed by atoms with E-state index in [1.54, 1.807) is 32.4 Å².